The Kier molecular flexibility index (Phi) is 4.83. The lowest BCUT2D eigenvalue weighted by atomic mass is 9.81. The summed E-state index contributed by atoms with van der Waals surface area (Å²) in [5.74, 6) is 0.838. The highest BCUT2D eigenvalue weighted by Crippen LogP contribution is 2.35. The third kappa shape index (κ3) is 3.21. The quantitative estimate of drug-likeness (QED) is 0.804. The predicted molar refractivity (Wildman–Crippen MR) is 69.0 cm³/mol. The Bertz CT molecular complexity index is 215. The summed E-state index contributed by atoms with van der Waals surface area (Å²) in [5, 5.41) is 0. The first-order valence-electron chi connectivity index (χ1n) is 7.24. The summed E-state index contributed by atoms with van der Waals surface area (Å²) in [7, 11) is 0. The van der Waals surface area contributed by atoms with Crippen LogP contribution in [0.4, 0.5) is 0 Å². The molecule has 2 rings (SSSR count). The molecule has 0 amide bonds. The van der Waals surface area contributed by atoms with Gasteiger partial charge in [-0.25, -0.2) is 0 Å². The second kappa shape index (κ2) is 6.17. The molecule has 0 aromatic heterocycles. The predicted octanol–water partition coefficient (Wildman–Crippen LogP) is 2.48. The molecular weight excluding hydrogens is 214 g/mol. The second-order valence-electron chi connectivity index (χ2n) is 5.60. The summed E-state index contributed by atoms with van der Waals surface area (Å²) in [6.07, 6.45) is 8.59. The summed E-state index contributed by atoms with van der Waals surface area (Å²) in [4.78, 5) is 0. The Morgan fingerprint density at radius 2 is 1.94 bits per heavy atom. The van der Waals surface area contributed by atoms with E-state index in [1.165, 1.54) is 25.7 Å². The van der Waals surface area contributed by atoms with Crippen molar-refractivity contribution in [2.75, 3.05) is 19.8 Å². The van der Waals surface area contributed by atoms with Gasteiger partial charge in [0.15, 0.2) is 0 Å². The lowest BCUT2D eigenvalue weighted by molar-refractivity contribution is -0.123. The highest BCUT2D eigenvalue weighted by atomic mass is 16.5. The van der Waals surface area contributed by atoms with Gasteiger partial charge >= 0.3 is 0 Å². The van der Waals surface area contributed by atoms with E-state index in [1.807, 2.05) is 0 Å². The molecule has 17 heavy (non-hydrogen) atoms. The molecule has 3 nitrogen and oxygen atoms in total. The number of hydrogen-bond donors (Lipinski definition) is 1. The summed E-state index contributed by atoms with van der Waals surface area (Å²) in [6, 6.07) is 0.189. The topological polar surface area (TPSA) is 44.5 Å². The van der Waals surface area contributed by atoms with Crippen LogP contribution in [0.5, 0.6) is 0 Å². The van der Waals surface area contributed by atoms with Crippen LogP contribution < -0.4 is 5.73 Å². The number of ether oxygens (including phenoxy) is 2. The summed E-state index contributed by atoms with van der Waals surface area (Å²) < 4.78 is 11.5. The van der Waals surface area contributed by atoms with Crippen molar-refractivity contribution in [2.24, 2.45) is 11.7 Å². The Morgan fingerprint density at radius 1 is 1.29 bits per heavy atom. The smallest absolute Gasteiger partial charge is 0.0876 e. The average molecular weight is 241 g/mol. The fraction of sp³-hybridized carbons (Fsp3) is 1.00. The zero-order valence-electron chi connectivity index (χ0n) is 11.1. The van der Waals surface area contributed by atoms with Gasteiger partial charge in [0.05, 0.1) is 5.60 Å². The molecule has 2 fully saturated rings. The normalized spacial score (nSPS) is 27.2. The van der Waals surface area contributed by atoms with Gasteiger partial charge in [-0.15, -0.1) is 0 Å². The van der Waals surface area contributed by atoms with Gasteiger partial charge < -0.3 is 15.2 Å². The summed E-state index contributed by atoms with van der Waals surface area (Å²) in [6.45, 7) is 4.44. The zero-order chi connectivity index (χ0) is 12.1. The van der Waals surface area contributed by atoms with Gasteiger partial charge in [0.1, 0.15) is 0 Å². The molecule has 1 aliphatic carbocycles. The van der Waals surface area contributed by atoms with E-state index in [0.29, 0.717) is 0 Å². The molecule has 1 saturated heterocycles. The fourth-order valence-corrected chi connectivity index (χ4v) is 3.45. The standard InChI is InChI=1S/C14H27NO2/c1-2-17-14(7-9-16-10-8-14)13(15)11-12-5-3-4-6-12/h12-13H,2-11,15H2,1H3. The first-order valence-corrected chi connectivity index (χ1v) is 7.24. The second-order valence-corrected chi connectivity index (χ2v) is 5.60. The Balaban J connectivity index is 1.93. The third-order valence-corrected chi connectivity index (χ3v) is 4.51. The first-order chi connectivity index (χ1) is 8.27. The van der Waals surface area contributed by atoms with E-state index in [-0.39, 0.29) is 11.6 Å². The maximum atomic E-state index is 6.47. The van der Waals surface area contributed by atoms with Gasteiger partial charge in [0, 0.05) is 38.7 Å². The molecule has 100 valence electrons. The van der Waals surface area contributed by atoms with Crippen molar-refractivity contribution in [3.63, 3.8) is 0 Å². The maximum absolute atomic E-state index is 6.47. The SMILES string of the molecule is CCOC1(C(N)CC2CCCC2)CCOCC1. The van der Waals surface area contributed by atoms with Gasteiger partial charge in [-0.1, -0.05) is 25.7 Å². The summed E-state index contributed by atoms with van der Waals surface area (Å²) >= 11 is 0. The molecule has 1 aliphatic heterocycles. The van der Waals surface area contributed by atoms with E-state index in [2.05, 4.69) is 6.92 Å². The van der Waals surface area contributed by atoms with E-state index >= 15 is 0 Å². The zero-order valence-corrected chi connectivity index (χ0v) is 11.1. The van der Waals surface area contributed by atoms with Gasteiger partial charge in [0.25, 0.3) is 0 Å². The van der Waals surface area contributed by atoms with Gasteiger partial charge in [0.2, 0.25) is 0 Å². The molecule has 1 saturated carbocycles. The monoisotopic (exact) mass is 241 g/mol. The molecule has 0 radical (unpaired) electrons. The molecule has 3 heteroatoms. The minimum atomic E-state index is -0.102. The van der Waals surface area contributed by atoms with Crippen molar-refractivity contribution in [2.45, 2.75) is 63.5 Å². The van der Waals surface area contributed by atoms with Crippen LogP contribution in [0.15, 0.2) is 0 Å². The third-order valence-electron chi connectivity index (χ3n) is 4.51. The molecule has 0 aromatic carbocycles. The van der Waals surface area contributed by atoms with Crippen molar-refractivity contribution in [3.05, 3.63) is 0 Å². The maximum Gasteiger partial charge on any atom is 0.0876 e. The van der Waals surface area contributed by atoms with Crippen LogP contribution in [-0.2, 0) is 9.47 Å². The van der Waals surface area contributed by atoms with Crippen LogP contribution in [0.25, 0.3) is 0 Å². The Morgan fingerprint density at radius 3 is 2.53 bits per heavy atom. The molecule has 2 aliphatic rings. The molecule has 0 bridgehead atoms. The van der Waals surface area contributed by atoms with Crippen LogP contribution in [0.3, 0.4) is 0 Å². The van der Waals surface area contributed by atoms with Crippen LogP contribution in [0.2, 0.25) is 0 Å². The van der Waals surface area contributed by atoms with E-state index in [4.69, 9.17) is 15.2 Å². The molecule has 0 spiro atoms. The van der Waals surface area contributed by atoms with Crippen LogP contribution in [0, 0.1) is 5.92 Å². The molecule has 1 heterocycles. The fourth-order valence-electron chi connectivity index (χ4n) is 3.45. The van der Waals surface area contributed by atoms with Crippen molar-refractivity contribution in [3.8, 4) is 0 Å². The Labute approximate surface area is 105 Å². The number of hydrogen-bond acceptors (Lipinski definition) is 3. The van der Waals surface area contributed by atoms with E-state index in [1.54, 1.807) is 0 Å². The van der Waals surface area contributed by atoms with Gasteiger partial charge in [-0.05, 0) is 19.3 Å². The molecule has 1 unspecified atom stereocenters. The van der Waals surface area contributed by atoms with Gasteiger partial charge in [-0.2, -0.15) is 0 Å². The van der Waals surface area contributed by atoms with Crippen LogP contribution >= 0.6 is 0 Å². The minimum absolute atomic E-state index is 0.102. The van der Waals surface area contributed by atoms with Crippen LogP contribution in [0.1, 0.15) is 51.9 Å². The molecule has 1 atom stereocenters. The molecule has 0 aromatic rings. The first kappa shape index (κ1) is 13.3. The van der Waals surface area contributed by atoms with Crippen molar-refractivity contribution in [1.82, 2.24) is 0 Å². The van der Waals surface area contributed by atoms with Crippen molar-refractivity contribution >= 4 is 0 Å². The average Bonchev–Trinajstić information content (AvgIpc) is 2.83. The van der Waals surface area contributed by atoms with Gasteiger partial charge in [-0.3, -0.25) is 0 Å². The van der Waals surface area contributed by atoms with E-state index < -0.39 is 0 Å². The Hall–Kier alpha value is -0.120. The van der Waals surface area contributed by atoms with Crippen molar-refractivity contribution < 1.29 is 9.47 Å². The molecular formula is C14H27NO2. The summed E-state index contributed by atoms with van der Waals surface area (Å²) in [5.41, 5.74) is 6.37. The highest BCUT2D eigenvalue weighted by molar-refractivity contribution is 4.94. The largest absolute Gasteiger partial charge is 0.381 e. The number of nitrogens with two attached hydrogens (primary N) is 1. The minimum Gasteiger partial charge on any atom is -0.381 e. The van der Waals surface area contributed by atoms with Crippen molar-refractivity contribution in [1.29, 1.82) is 0 Å². The van der Waals surface area contributed by atoms with E-state index in [9.17, 15) is 0 Å². The molecule has 2 N–H and O–H groups in total. The lowest BCUT2D eigenvalue weighted by Crippen LogP contribution is -2.54. The highest BCUT2D eigenvalue weighted by Gasteiger charge is 2.40. The van der Waals surface area contributed by atoms with E-state index in [0.717, 1.165) is 45.0 Å². The lowest BCUT2D eigenvalue weighted by Gasteiger charge is -2.42. The number of rotatable bonds is 5. The van der Waals surface area contributed by atoms with Crippen LogP contribution in [-0.4, -0.2) is 31.5 Å².